The number of nitrogens with zero attached hydrogens (tertiary/aromatic N) is 2. The predicted octanol–water partition coefficient (Wildman–Crippen LogP) is 2.91. The molecule has 5 nitrogen and oxygen atoms in total. The summed E-state index contributed by atoms with van der Waals surface area (Å²) in [5.74, 6) is -0.634. The maximum atomic E-state index is 13.1. The lowest BCUT2D eigenvalue weighted by molar-refractivity contribution is -0.123. The minimum Gasteiger partial charge on any atom is -0.368 e. The molecule has 24 heavy (non-hydrogen) atoms. The minimum absolute atomic E-state index is 0.196. The number of benzene rings is 1. The average molecular weight is 343 g/mol. The number of hydrogen-bond donors (Lipinski definition) is 1. The second-order valence-electron chi connectivity index (χ2n) is 6.19. The molecule has 0 saturated carbocycles. The third-order valence-corrected chi connectivity index (χ3v) is 5.36. The number of amides is 2. The first-order valence-electron chi connectivity index (χ1n) is 8.12. The van der Waals surface area contributed by atoms with Gasteiger partial charge in [-0.15, -0.1) is 11.3 Å². The van der Waals surface area contributed by atoms with E-state index in [9.17, 15) is 9.59 Å². The van der Waals surface area contributed by atoms with Crippen LogP contribution in [0.5, 0.6) is 0 Å². The summed E-state index contributed by atoms with van der Waals surface area (Å²) < 4.78 is 0. The zero-order valence-electron chi connectivity index (χ0n) is 13.9. The Morgan fingerprint density at radius 1 is 1.21 bits per heavy atom. The molecule has 1 aromatic carbocycles. The molecule has 0 radical (unpaired) electrons. The number of thiazole rings is 1. The van der Waals surface area contributed by atoms with Crippen molar-refractivity contribution in [3.05, 3.63) is 40.5 Å². The van der Waals surface area contributed by atoms with Gasteiger partial charge in [-0.25, -0.2) is 4.98 Å². The van der Waals surface area contributed by atoms with Crippen molar-refractivity contribution in [3.63, 3.8) is 0 Å². The Labute approximate surface area is 145 Å². The summed E-state index contributed by atoms with van der Waals surface area (Å²) in [5.41, 5.74) is 8.06. The topological polar surface area (TPSA) is 76.3 Å². The molecule has 0 aliphatic carbocycles. The zero-order chi connectivity index (χ0) is 17.3. The smallest absolute Gasteiger partial charge is 0.274 e. The Bertz CT molecular complexity index is 767. The lowest BCUT2D eigenvalue weighted by Gasteiger charge is -2.33. The Morgan fingerprint density at radius 2 is 1.92 bits per heavy atom. The van der Waals surface area contributed by atoms with Gasteiger partial charge < -0.3 is 10.6 Å². The Balaban J connectivity index is 1.98. The van der Waals surface area contributed by atoms with Gasteiger partial charge >= 0.3 is 0 Å². The quantitative estimate of drug-likeness (QED) is 0.931. The molecule has 3 rings (SSSR count). The Morgan fingerprint density at radius 3 is 2.58 bits per heavy atom. The molecule has 0 bridgehead atoms. The van der Waals surface area contributed by atoms with Crippen molar-refractivity contribution >= 4 is 23.2 Å². The minimum atomic E-state index is -0.529. The van der Waals surface area contributed by atoms with Crippen molar-refractivity contribution in [1.82, 2.24) is 9.88 Å². The number of rotatable bonds is 3. The second kappa shape index (κ2) is 6.73. The number of aryl methyl sites for hydroxylation is 2. The van der Waals surface area contributed by atoms with Gasteiger partial charge in [-0.2, -0.15) is 0 Å². The van der Waals surface area contributed by atoms with Crippen LogP contribution in [0.25, 0.3) is 10.4 Å². The van der Waals surface area contributed by atoms with E-state index in [1.54, 1.807) is 4.90 Å². The molecule has 1 fully saturated rings. The predicted molar refractivity (Wildman–Crippen MR) is 94.9 cm³/mol. The summed E-state index contributed by atoms with van der Waals surface area (Å²) in [6.07, 6.45) is 2.43. The van der Waals surface area contributed by atoms with Crippen LogP contribution >= 0.6 is 11.3 Å². The molecule has 2 N–H and O–H groups in total. The fourth-order valence-electron chi connectivity index (χ4n) is 3.08. The highest BCUT2D eigenvalue weighted by atomic mass is 32.1. The van der Waals surface area contributed by atoms with Crippen LogP contribution in [-0.2, 0) is 4.79 Å². The monoisotopic (exact) mass is 343 g/mol. The number of carbonyl (C=O) groups excluding carboxylic acids is 2. The van der Waals surface area contributed by atoms with Crippen LogP contribution in [0.3, 0.4) is 0 Å². The molecule has 1 atom stereocenters. The average Bonchev–Trinajstić information content (AvgIpc) is 2.96. The number of nitrogens with two attached hydrogens (primary N) is 1. The van der Waals surface area contributed by atoms with Gasteiger partial charge in [-0.1, -0.05) is 29.8 Å². The SMILES string of the molecule is Cc1ccc(-c2sc(C)nc2C(=O)N2CCCCC2C(N)=O)cc1. The Kier molecular flexibility index (Phi) is 4.66. The van der Waals surface area contributed by atoms with E-state index in [0.29, 0.717) is 18.7 Å². The molecular formula is C18H21N3O2S. The first kappa shape index (κ1) is 16.6. The molecule has 1 saturated heterocycles. The normalized spacial score (nSPS) is 17.8. The molecule has 1 aromatic heterocycles. The van der Waals surface area contributed by atoms with Crippen molar-refractivity contribution in [2.24, 2.45) is 5.73 Å². The van der Waals surface area contributed by atoms with Gasteiger partial charge in [-0.05, 0) is 38.7 Å². The zero-order valence-corrected chi connectivity index (χ0v) is 14.7. The van der Waals surface area contributed by atoms with E-state index in [2.05, 4.69) is 4.98 Å². The van der Waals surface area contributed by atoms with Gasteiger partial charge in [0.25, 0.3) is 5.91 Å². The number of likely N-dealkylation sites (tertiary alicyclic amines) is 1. The summed E-state index contributed by atoms with van der Waals surface area (Å²) >= 11 is 1.50. The van der Waals surface area contributed by atoms with E-state index in [1.807, 2.05) is 38.1 Å². The van der Waals surface area contributed by atoms with Crippen LogP contribution in [0, 0.1) is 13.8 Å². The van der Waals surface area contributed by atoms with E-state index in [0.717, 1.165) is 33.9 Å². The summed E-state index contributed by atoms with van der Waals surface area (Å²) in [7, 11) is 0. The van der Waals surface area contributed by atoms with Crippen molar-refractivity contribution in [3.8, 4) is 10.4 Å². The fourth-order valence-corrected chi connectivity index (χ4v) is 3.99. The largest absolute Gasteiger partial charge is 0.368 e. The van der Waals surface area contributed by atoms with Crippen LogP contribution in [0.4, 0.5) is 0 Å². The molecule has 1 unspecified atom stereocenters. The summed E-state index contributed by atoms with van der Waals surface area (Å²) in [6, 6.07) is 7.51. The van der Waals surface area contributed by atoms with Gasteiger partial charge in [0.15, 0.2) is 0 Å². The lowest BCUT2D eigenvalue weighted by atomic mass is 10.0. The highest BCUT2D eigenvalue weighted by Gasteiger charge is 2.33. The number of hydrogen-bond acceptors (Lipinski definition) is 4. The second-order valence-corrected chi connectivity index (χ2v) is 7.39. The molecule has 2 aromatic rings. The molecule has 2 amide bonds. The highest BCUT2D eigenvalue weighted by Crippen LogP contribution is 2.32. The van der Waals surface area contributed by atoms with Crippen LogP contribution in [0.2, 0.25) is 0 Å². The molecular weight excluding hydrogens is 322 g/mol. The van der Waals surface area contributed by atoms with Crippen LogP contribution < -0.4 is 5.73 Å². The number of carbonyl (C=O) groups is 2. The fraction of sp³-hybridized carbons (Fsp3) is 0.389. The van der Waals surface area contributed by atoms with E-state index in [-0.39, 0.29) is 5.91 Å². The summed E-state index contributed by atoms with van der Waals surface area (Å²) in [4.78, 5) is 31.7. The third kappa shape index (κ3) is 3.19. The maximum Gasteiger partial charge on any atom is 0.274 e. The maximum absolute atomic E-state index is 13.1. The van der Waals surface area contributed by atoms with Gasteiger partial charge in [-0.3, -0.25) is 9.59 Å². The van der Waals surface area contributed by atoms with Crippen molar-refractivity contribution in [2.75, 3.05) is 6.54 Å². The van der Waals surface area contributed by atoms with Gasteiger partial charge in [0.05, 0.1) is 9.88 Å². The lowest BCUT2D eigenvalue weighted by Crippen LogP contribution is -2.50. The van der Waals surface area contributed by atoms with Gasteiger partial charge in [0.2, 0.25) is 5.91 Å². The standard InChI is InChI=1S/C18H21N3O2S/c1-11-6-8-13(9-7-11)16-15(20-12(2)24-16)18(23)21-10-4-3-5-14(21)17(19)22/h6-9,14H,3-5,10H2,1-2H3,(H2,19,22). The van der Waals surface area contributed by atoms with E-state index >= 15 is 0 Å². The number of aromatic nitrogens is 1. The molecule has 126 valence electrons. The molecule has 0 spiro atoms. The van der Waals surface area contributed by atoms with Crippen molar-refractivity contribution < 1.29 is 9.59 Å². The summed E-state index contributed by atoms with van der Waals surface area (Å²) in [6.45, 7) is 4.47. The molecule has 6 heteroatoms. The molecule has 2 heterocycles. The number of piperidine rings is 1. The van der Waals surface area contributed by atoms with E-state index in [4.69, 9.17) is 5.73 Å². The van der Waals surface area contributed by atoms with Gasteiger partial charge in [0, 0.05) is 6.54 Å². The van der Waals surface area contributed by atoms with Crippen molar-refractivity contribution in [1.29, 1.82) is 0 Å². The number of primary amides is 1. The van der Waals surface area contributed by atoms with Crippen molar-refractivity contribution in [2.45, 2.75) is 39.2 Å². The van der Waals surface area contributed by atoms with Gasteiger partial charge in [0.1, 0.15) is 11.7 Å². The van der Waals surface area contributed by atoms with Crippen LogP contribution in [0.1, 0.15) is 40.3 Å². The molecule has 1 aliphatic rings. The van der Waals surface area contributed by atoms with Crippen LogP contribution in [0.15, 0.2) is 24.3 Å². The molecule has 1 aliphatic heterocycles. The summed E-state index contributed by atoms with van der Waals surface area (Å²) in [5, 5.41) is 0.835. The first-order chi connectivity index (χ1) is 11.5. The highest BCUT2D eigenvalue weighted by molar-refractivity contribution is 7.15. The van der Waals surface area contributed by atoms with Crippen LogP contribution in [-0.4, -0.2) is 34.3 Å². The van der Waals surface area contributed by atoms with E-state index < -0.39 is 11.9 Å². The van der Waals surface area contributed by atoms with E-state index in [1.165, 1.54) is 11.3 Å². The Hall–Kier alpha value is -2.21. The third-order valence-electron chi connectivity index (χ3n) is 4.34. The first-order valence-corrected chi connectivity index (χ1v) is 8.94.